The average Bonchev–Trinajstić information content (AvgIpc) is 2.97. The molecule has 0 unspecified atom stereocenters. The monoisotopic (exact) mass is 376 g/mol. The van der Waals surface area contributed by atoms with Crippen molar-refractivity contribution in [1.82, 2.24) is 0 Å². The van der Waals surface area contributed by atoms with Gasteiger partial charge in [-0.1, -0.05) is 13.8 Å². The Kier molecular flexibility index (Phi) is 4.93. The molecule has 4 nitrogen and oxygen atoms in total. The van der Waals surface area contributed by atoms with Crippen molar-refractivity contribution < 1.29 is 19.4 Å². The predicted octanol–water partition coefficient (Wildman–Crippen LogP) is 4.14. The number of fused-ring (bicyclic) bond motifs is 5. The zero-order valence-electron chi connectivity index (χ0n) is 17.2. The molecule has 4 rings (SSSR count). The van der Waals surface area contributed by atoms with E-state index in [0.717, 1.165) is 50.4 Å². The van der Waals surface area contributed by atoms with Crippen LogP contribution in [0, 0.1) is 40.4 Å². The maximum absolute atomic E-state index is 12.8. The van der Waals surface area contributed by atoms with Gasteiger partial charge in [-0.3, -0.25) is 9.59 Å². The van der Waals surface area contributed by atoms with Crippen LogP contribution in [-0.2, 0) is 14.3 Å². The van der Waals surface area contributed by atoms with Crippen molar-refractivity contribution in [2.24, 2.45) is 40.4 Å². The molecule has 0 aliphatic heterocycles. The van der Waals surface area contributed by atoms with Gasteiger partial charge in [-0.25, -0.2) is 0 Å². The molecule has 0 radical (unpaired) electrons. The van der Waals surface area contributed by atoms with Crippen molar-refractivity contribution in [1.29, 1.82) is 0 Å². The van der Waals surface area contributed by atoms with Gasteiger partial charge in [0.25, 0.3) is 0 Å². The molecule has 0 aromatic carbocycles. The van der Waals surface area contributed by atoms with Gasteiger partial charge in [0.15, 0.2) is 5.78 Å². The summed E-state index contributed by atoms with van der Waals surface area (Å²) in [6, 6.07) is 0. The standard InChI is InChI=1S/C23H36O4/c1-14(24)27-13-21(26)20-7-6-18-17-5-4-15-12-16(25)8-10-22(15,2)19(17)9-11-23(18,20)3/h15-20,25H,4-13H2,1-3H3/t15-,16+,17-,18-,19-,20+,22-,23-/m0/s1. The highest BCUT2D eigenvalue weighted by Gasteiger charge is 2.61. The summed E-state index contributed by atoms with van der Waals surface area (Å²) in [4.78, 5) is 23.9. The molecule has 4 aliphatic carbocycles. The third-order valence-corrected chi connectivity index (χ3v) is 9.44. The zero-order valence-corrected chi connectivity index (χ0v) is 17.2. The first-order valence-electron chi connectivity index (χ1n) is 11.1. The second-order valence-corrected chi connectivity index (χ2v) is 10.5. The van der Waals surface area contributed by atoms with Crippen molar-refractivity contribution in [2.45, 2.75) is 84.7 Å². The van der Waals surface area contributed by atoms with Gasteiger partial charge in [0, 0.05) is 12.8 Å². The summed E-state index contributed by atoms with van der Waals surface area (Å²) in [7, 11) is 0. The van der Waals surface area contributed by atoms with Crippen LogP contribution in [0.25, 0.3) is 0 Å². The first kappa shape index (κ1) is 19.4. The van der Waals surface area contributed by atoms with Crippen molar-refractivity contribution >= 4 is 11.8 Å². The van der Waals surface area contributed by atoms with Crippen LogP contribution >= 0.6 is 0 Å². The molecular weight excluding hydrogens is 340 g/mol. The van der Waals surface area contributed by atoms with Gasteiger partial charge >= 0.3 is 5.97 Å². The number of ether oxygens (including phenoxy) is 1. The Labute approximate surface area is 163 Å². The van der Waals surface area contributed by atoms with Crippen molar-refractivity contribution in [3.8, 4) is 0 Å². The molecule has 27 heavy (non-hydrogen) atoms. The third-order valence-electron chi connectivity index (χ3n) is 9.44. The van der Waals surface area contributed by atoms with E-state index in [-0.39, 0.29) is 35.8 Å². The Morgan fingerprint density at radius 1 is 0.963 bits per heavy atom. The number of esters is 1. The van der Waals surface area contributed by atoms with Crippen LogP contribution in [0.4, 0.5) is 0 Å². The van der Waals surface area contributed by atoms with Gasteiger partial charge in [-0.15, -0.1) is 0 Å². The molecule has 0 amide bonds. The molecule has 0 aromatic rings. The lowest BCUT2D eigenvalue weighted by Gasteiger charge is -2.60. The van der Waals surface area contributed by atoms with Gasteiger partial charge in [-0.05, 0) is 92.3 Å². The number of carbonyl (C=O) groups excluding carboxylic acids is 2. The Hall–Kier alpha value is -0.900. The van der Waals surface area contributed by atoms with Crippen molar-refractivity contribution in [2.75, 3.05) is 6.61 Å². The molecule has 0 heterocycles. The Balaban J connectivity index is 1.52. The molecule has 4 saturated carbocycles. The second kappa shape index (κ2) is 6.86. The first-order chi connectivity index (χ1) is 12.8. The normalized spacial score (nSPS) is 48.9. The van der Waals surface area contributed by atoms with Crippen LogP contribution in [0.3, 0.4) is 0 Å². The van der Waals surface area contributed by atoms with Crippen molar-refractivity contribution in [3.05, 3.63) is 0 Å². The van der Waals surface area contributed by atoms with Gasteiger partial charge in [0.2, 0.25) is 0 Å². The first-order valence-corrected chi connectivity index (χ1v) is 11.1. The number of carbonyl (C=O) groups is 2. The van der Waals surface area contributed by atoms with E-state index in [2.05, 4.69) is 13.8 Å². The Bertz CT molecular complexity index is 615. The zero-order chi connectivity index (χ0) is 19.4. The lowest BCUT2D eigenvalue weighted by atomic mass is 9.44. The number of Topliss-reactive ketones (excluding diaryl/α,β-unsaturated/α-hetero) is 1. The van der Waals surface area contributed by atoms with Crippen LogP contribution < -0.4 is 0 Å². The van der Waals surface area contributed by atoms with E-state index in [1.165, 1.54) is 26.2 Å². The summed E-state index contributed by atoms with van der Waals surface area (Å²) < 4.78 is 5.03. The van der Waals surface area contributed by atoms with Crippen LogP contribution in [0.2, 0.25) is 0 Å². The fourth-order valence-electron chi connectivity index (χ4n) is 8.04. The Morgan fingerprint density at radius 2 is 1.67 bits per heavy atom. The fraction of sp³-hybridized carbons (Fsp3) is 0.913. The molecule has 0 spiro atoms. The number of aliphatic hydroxyl groups excluding tert-OH is 1. The van der Waals surface area contributed by atoms with Gasteiger partial charge in [0.1, 0.15) is 6.61 Å². The number of hydrogen-bond donors (Lipinski definition) is 1. The molecule has 4 fully saturated rings. The highest BCUT2D eigenvalue weighted by atomic mass is 16.5. The van der Waals surface area contributed by atoms with E-state index in [0.29, 0.717) is 17.3 Å². The molecule has 0 bridgehead atoms. The topological polar surface area (TPSA) is 63.6 Å². The van der Waals surface area contributed by atoms with E-state index in [1.807, 2.05) is 0 Å². The largest absolute Gasteiger partial charge is 0.458 e. The summed E-state index contributed by atoms with van der Waals surface area (Å²) in [5.41, 5.74) is 0.457. The molecule has 8 atom stereocenters. The fourth-order valence-corrected chi connectivity index (χ4v) is 8.04. The van der Waals surface area contributed by atoms with Crippen LogP contribution in [0.5, 0.6) is 0 Å². The molecule has 4 aliphatic rings. The predicted molar refractivity (Wildman–Crippen MR) is 103 cm³/mol. The maximum Gasteiger partial charge on any atom is 0.303 e. The molecule has 4 heteroatoms. The molecule has 152 valence electrons. The van der Waals surface area contributed by atoms with Gasteiger partial charge in [0.05, 0.1) is 6.10 Å². The van der Waals surface area contributed by atoms with E-state index in [9.17, 15) is 14.7 Å². The molecule has 0 aromatic heterocycles. The SMILES string of the molecule is CC(=O)OCC(=O)[C@H]1CC[C@H]2[C@@H]3CC[C@H]4C[C@H](O)CC[C@]4(C)[C@H]3CC[C@]12C. The third kappa shape index (κ3) is 3.07. The summed E-state index contributed by atoms with van der Waals surface area (Å²) in [5, 5.41) is 10.2. The van der Waals surface area contributed by atoms with E-state index >= 15 is 0 Å². The number of ketones is 1. The average molecular weight is 377 g/mol. The smallest absolute Gasteiger partial charge is 0.303 e. The van der Waals surface area contributed by atoms with E-state index in [1.54, 1.807) is 0 Å². The summed E-state index contributed by atoms with van der Waals surface area (Å²) in [6.45, 7) is 6.17. The Morgan fingerprint density at radius 3 is 2.41 bits per heavy atom. The number of hydrogen-bond acceptors (Lipinski definition) is 4. The lowest BCUT2D eigenvalue weighted by molar-refractivity contribution is -0.151. The maximum atomic E-state index is 12.8. The van der Waals surface area contributed by atoms with Crippen LogP contribution in [0.15, 0.2) is 0 Å². The molecule has 0 saturated heterocycles. The summed E-state index contributed by atoms with van der Waals surface area (Å²) in [6.07, 6.45) is 9.99. The quantitative estimate of drug-likeness (QED) is 0.752. The summed E-state index contributed by atoms with van der Waals surface area (Å²) >= 11 is 0. The lowest BCUT2D eigenvalue weighted by Crippen LogP contribution is -2.54. The number of aliphatic hydroxyl groups is 1. The van der Waals surface area contributed by atoms with Crippen molar-refractivity contribution in [3.63, 3.8) is 0 Å². The van der Waals surface area contributed by atoms with Gasteiger partial charge < -0.3 is 9.84 Å². The van der Waals surface area contributed by atoms with Crippen LogP contribution in [-0.4, -0.2) is 29.6 Å². The van der Waals surface area contributed by atoms with Gasteiger partial charge in [-0.2, -0.15) is 0 Å². The van der Waals surface area contributed by atoms with E-state index < -0.39 is 0 Å². The minimum Gasteiger partial charge on any atom is -0.458 e. The minimum atomic E-state index is -0.363. The molecular formula is C23H36O4. The minimum absolute atomic E-state index is 0.0475. The summed E-state index contributed by atoms with van der Waals surface area (Å²) in [5.74, 6) is 2.62. The highest BCUT2D eigenvalue weighted by Crippen LogP contribution is 2.67. The van der Waals surface area contributed by atoms with E-state index in [4.69, 9.17) is 4.74 Å². The van der Waals surface area contributed by atoms with Crippen LogP contribution in [0.1, 0.15) is 78.6 Å². The highest BCUT2D eigenvalue weighted by molar-refractivity contribution is 5.85. The number of rotatable bonds is 3. The second-order valence-electron chi connectivity index (χ2n) is 10.5. The molecule has 1 N–H and O–H groups in total.